The van der Waals surface area contributed by atoms with Crippen LogP contribution in [0.3, 0.4) is 0 Å². The maximum atomic E-state index is 12.1. The molecule has 0 unspecified atom stereocenters. The summed E-state index contributed by atoms with van der Waals surface area (Å²) < 4.78 is 25.1. The number of fused-ring (bicyclic) bond motifs is 1. The Morgan fingerprint density at radius 3 is 2.82 bits per heavy atom. The van der Waals surface area contributed by atoms with Gasteiger partial charge in [-0.2, -0.15) is 0 Å². The van der Waals surface area contributed by atoms with Gasteiger partial charge < -0.3 is 10.2 Å². The van der Waals surface area contributed by atoms with Gasteiger partial charge in [-0.25, -0.2) is 13.8 Å². The Labute approximate surface area is 134 Å². The molecule has 22 heavy (non-hydrogen) atoms. The van der Waals surface area contributed by atoms with Gasteiger partial charge in [-0.3, -0.25) is 4.79 Å². The van der Waals surface area contributed by atoms with Crippen molar-refractivity contribution in [3.8, 4) is 0 Å². The predicted octanol–water partition coefficient (Wildman–Crippen LogP) is 2.81. The van der Waals surface area contributed by atoms with E-state index < -0.39 is 13.0 Å². The van der Waals surface area contributed by atoms with Crippen molar-refractivity contribution >= 4 is 38.6 Å². The van der Waals surface area contributed by atoms with Gasteiger partial charge in [-0.1, -0.05) is 22.0 Å². The van der Waals surface area contributed by atoms with Crippen molar-refractivity contribution in [2.75, 3.05) is 24.5 Å². The Morgan fingerprint density at radius 1 is 1.36 bits per heavy atom. The number of nitrogens with one attached hydrogen (secondary N) is 1. The maximum absolute atomic E-state index is 12.1. The van der Waals surface area contributed by atoms with Crippen molar-refractivity contribution < 1.29 is 13.6 Å². The van der Waals surface area contributed by atoms with E-state index in [0.29, 0.717) is 13.1 Å². The molecule has 1 N–H and O–H groups in total. The first kappa shape index (κ1) is 15.1. The smallest absolute Gasteiger partial charge is 0.255 e. The molecule has 7 heteroatoms. The molecule has 2 heterocycles. The maximum Gasteiger partial charge on any atom is 0.255 e. The number of hydrogen-bond donors (Lipinski definition) is 1. The zero-order valence-corrected chi connectivity index (χ0v) is 13.2. The standard InChI is InChI=1S/C15H14BrF2N3O/c16-11-3-1-9-2-4-14(20-12(9)5-11)21-7-10(8-21)15(22)19-6-13(17)18/h1-5,10,13H,6-8H2,(H,19,22). The molecular formula is C15H14BrF2N3O. The molecule has 1 amide bonds. The summed E-state index contributed by atoms with van der Waals surface area (Å²) in [7, 11) is 0. The number of rotatable bonds is 4. The van der Waals surface area contributed by atoms with Crippen molar-refractivity contribution in [1.29, 1.82) is 0 Å². The van der Waals surface area contributed by atoms with Gasteiger partial charge in [0.15, 0.2) is 0 Å². The minimum Gasteiger partial charge on any atom is -0.355 e. The highest BCUT2D eigenvalue weighted by molar-refractivity contribution is 9.10. The van der Waals surface area contributed by atoms with Crippen LogP contribution < -0.4 is 10.2 Å². The van der Waals surface area contributed by atoms with Crippen LogP contribution in [-0.4, -0.2) is 37.0 Å². The SMILES string of the molecule is O=C(NCC(F)F)C1CN(c2ccc3ccc(Br)cc3n2)C1. The molecule has 1 fully saturated rings. The normalized spacial score (nSPS) is 15.2. The molecule has 0 saturated carbocycles. The fourth-order valence-corrected chi connectivity index (χ4v) is 2.76. The van der Waals surface area contributed by atoms with Crippen molar-refractivity contribution in [3.05, 3.63) is 34.8 Å². The average molecular weight is 370 g/mol. The molecule has 0 radical (unpaired) electrons. The fourth-order valence-electron chi connectivity index (χ4n) is 2.41. The molecule has 0 bridgehead atoms. The number of aromatic nitrogens is 1. The van der Waals surface area contributed by atoms with Crippen molar-refractivity contribution in [3.63, 3.8) is 0 Å². The zero-order chi connectivity index (χ0) is 15.7. The third kappa shape index (κ3) is 3.19. The van der Waals surface area contributed by atoms with E-state index in [4.69, 9.17) is 0 Å². The summed E-state index contributed by atoms with van der Waals surface area (Å²) >= 11 is 3.41. The van der Waals surface area contributed by atoms with Crippen LogP contribution in [0.5, 0.6) is 0 Å². The van der Waals surface area contributed by atoms with Crippen LogP contribution >= 0.6 is 15.9 Å². The van der Waals surface area contributed by atoms with Gasteiger partial charge in [0, 0.05) is 22.9 Å². The molecule has 1 aliphatic rings. The van der Waals surface area contributed by atoms with Gasteiger partial charge >= 0.3 is 0 Å². The lowest BCUT2D eigenvalue weighted by Crippen LogP contribution is -2.54. The van der Waals surface area contributed by atoms with Crippen LogP contribution in [0, 0.1) is 5.92 Å². The van der Waals surface area contributed by atoms with E-state index in [0.717, 1.165) is 21.2 Å². The molecule has 3 rings (SSSR count). The number of anilines is 1. The van der Waals surface area contributed by atoms with Crippen molar-refractivity contribution in [1.82, 2.24) is 10.3 Å². The van der Waals surface area contributed by atoms with Gasteiger partial charge in [0.25, 0.3) is 6.43 Å². The Morgan fingerprint density at radius 2 is 2.09 bits per heavy atom. The highest BCUT2D eigenvalue weighted by Gasteiger charge is 2.33. The van der Waals surface area contributed by atoms with E-state index in [-0.39, 0.29) is 11.8 Å². The lowest BCUT2D eigenvalue weighted by atomic mass is 9.99. The van der Waals surface area contributed by atoms with Crippen molar-refractivity contribution in [2.45, 2.75) is 6.43 Å². The van der Waals surface area contributed by atoms with E-state index in [1.54, 1.807) is 0 Å². The summed E-state index contributed by atoms with van der Waals surface area (Å²) in [6.07, 6.45) is -2.51. The first-order valence-electron chi connectivity index (χ1n) is 6.90. The molecule has 1 aromatic carbocycles. The lowest BCUT2D eigenvalue weighted by Gasteiger charge is -2.39. The molecule has 0 spiro atoms. The summed E-state index contributed by atoms with van der Waals surface area (Å²) in [5, 5.41) is 3.29. The van der Waals surface area contributed by atoms with Gasteiger partial charge in [-0.05, 0) is 24.3 Å². The first-order chi connectivity index (χ1) is 10.5. The highest BCUT2D eigenvalue weighted by atomic mass is 79.9. The summed E-state index contributed by atoms with van der Waals surface area (Å²) in [5.41, 5.74) is 0.873. The van der Waals surface area contributed by atoms with Crippen LogP contribution in [-0.2, 0) is 4.79 Å². The van der Waals surface area contributed by atoms with E-state index >= 15 is 0 Å². The number of hydrogen-bond acceptors (Lipinski definition) is 3. The zero-order valence-electron chi connectivity index (χ0n) is 11.6. The monoisotopic (exact) mass is 369 g/mol. The Hall–Kier alpha value is -1.76. The number of amides is 1. The van der Waals surface area contributed by atoms with E-state index in [1.165, 1.54) is 0 Å². The van der Waals surface area contributed by atoms with E-state index in [1.807, 2.05) is 35.2 Å². The largest absolute Gasteiger partial charge is 0.355 e. The molecule has 4 nitrogen and oxygen atoms in total. The number of carbonyl (C=O) groups is 1. The molecule has 0 aliphatic carbocycles. The molecule has 116 valence electrons. The van der Waals surface area contributed by atoms with Crippen LogP contribution in [0.4, 0.5) is 14.6 Å². The Balaban J connectivity index is 1.64. The Bertz CT molecular complexity index is 704. The van der Waals surface area contributed by atoms with Gasteiger partial charge in [0.1, 0.15) is 5.82 Å². The number of alkyl halides is 2. The Kier molecular flexibility index (Phi) is 4.24. The van der Waals surface area contributed by atoms with Gasteiger partial charge in [0.05, 0.1) is 18.0 Å². The first-order valence-corrected chi connectivity index (χ1v) is 7.69. The highest BCUT2D eigenvalue weighted by Crippen LogP contribution is 2.26. The van der Waals surface area contributed by atoms with Gasteiger partial charge in [-0.15, -0.1) is 0 Å². The van der Waals surface area contributed by atoms with E-state index in [2.05, 4.69) is 26.2 Å². The third-order valence-electron chi connectivity index (χ3n) is 3.65. The summed E-state index contributed by atoms with van der Waals surface area (Å²) in [6.45, 7) is 0.417. The second kappa shape index (κ2) is 6.16. The summed E-state index contributed by atoms with van der Waals surface area (Å²) in [6, 6.07) is 9.76. The number of carbonyl (C=O) groups excluding carboxylic acids is 1. The molecule has 1 aliphatic heterocycles. The van der Waals surface area contributed by atoms with Gasteiger partial charge in [0.2, 0.25) is 5.91 Å². The molecule has 0 atom stereocenters. The number of pyridine rings is 1. The summed E-state index contributed by atoms with van der Waals surface area (Å²) in [4.78, 5) is 18.2. The second-order valence-electron chi connectivity index (χ2n) is 5.24. The molecule has 2 aromatic rings. The quantitative estimate of drug-likeness (QED) is 0.901. The molecule has 1 saturated heterocycles. The average Bonchev–Trinajstić information content (AvgIpc) is 2.43. The predicted molar refractivity (Wildman–Crippen MR) is 84.2 cm³/mol. The topological polar surface area (TPSA) is 45.2 Å². The number of halogens is 3. The van der Waals surface area contributed by atoms with Crippen LogP contribution in [0.2, 0.25) is 0 Å². The van der Waals surface area contributed by atoms with E-state index in [9.17, 15) is 13.6 Å². The van der Waals surface area contributed by atoms with Crippen LogP contribution in [0.1, 0.15) is 0 Å². The minimum atomic E-state index is -2.51. The lowest BCUT2D eigenvalue weighted by molar-refractivity contribution is -0.126. The molecule has 1 aromatic heterocycles. The summed E-state index contributed by atoms with van der Waals surface area (Å²) in [5.74, 6) is 0.224. The second-order valence-corrected chi connectivity index (χ2v) is 6.16. The molecular weight excluding hydrogens is 356 g/mol. The minimum absolute atomic E-state index is 0.251. The van der Waals surface area contributed by atoms with Crippen LogP contribution in [0.25, 0.3) is 10.9 Å². The van der Waals surface area contributed by atoms with Crippen molar-refractivity contribution in [2.24, 2.45) is 5.92 Å². The van der Waals surface area contributed by atoms with Crippen LogP contribution in [0.15, 0.2) is 34.8 Å². The third-order valence-corrected chi connectivity index (χ3v) is 4.14. The number of benzene rings is 1. The fraction of sp³-hybridized carbons (Fsp3) is 0.333. The number of nitrogens with zero attached hydrogens (tertiary/aromatic N) is 2.